The maximum Gasteiger partial charge on any atom is 0.159 e. The molecule has 0 saturated heterocycles. The van der Waals surface area contributed by atoms with Gasteiger partial charge in [-0.2, -0.15) is 0 Å². The molecule has 0 fully saturated rings. The third-order valence-corrected chi connectivity index (χ3v) is 4.35. The van der Waals surface area contributed by atoms with Crippen LogP contribution in [0.4, 0.5) is 0 Å². The first-order valence-corrected chi connectivity index (χ1v) is 6.89. The molecule has 0 aliphatic heterocycles. The highest BCUT2D eigenvalue weighted by atomic mass is 35.5. The van der Waals surface area contributed by atoms with E-state index in [2.05, 4.69) is 13.8 Å². The Hall–Kier alpha value is 0.470. The fraction of sp³-hybridized carbons (Fsp3) is 0.455. The second-order valence-electron chi connectivity index (χ2n) is 3.93. The van der Waals surface area contributed by atoms with Gasteiger partial charge in [-0.25, -0.2) is 0 Å². The quantitative estimate of drug-likeness (QED) is 0.458. The van der Waals surface area contributed by atoms with Crippen molar-refractivity contribution in [3.8, 4) is 5.75 Å². The Morgan fingerprint density at radius 2 is 1.24 bits per heavy atom. The Morgan fingerprint density at radius 1 is 0.824 bits per heavy atom. The number of halogens is 5. The molecule has 0 N–H and O–H groups in total. The van der Waals surface area contributed by atoms with E-state index in [4.69, 9.17) is 62.7 Å². The van der Waals surface area contributed by atoms with E-state index < -0.39 is 0 Å². The predicted molar refractivity (Wildman–Crippen MR) is 76.4 cm³/mol. The number of ether oxygens (including phenoxy) is 1. The molecule has 1 rings (SSSR count). The lowest BCUT2D eigenvalue weighted by Crippen LogP contribution is -2.02. The van der Waals surface area contributed by atoms with Gasteiger partial charge in [0.15, 0.2) is 5.75 Å². The Bertz CT molecular complexity index is 388. The van der Waals surface area contributed by atoms with Gasteiger partial charge < -0.3 is 4.74 Å². The normalized spacial score (nSPS) is 11.1. The molecule has 0 aromatic heterocycles. The van der Waals surface area contributed by atoms with Crippen molar-refractivity contribution in [3.05, 3.63) is 25.1 Å². The van der Waals surface area contributed by atoms with Crippen LogP contribution in [0.5, 0.6) is 5.75 Å². The third-order valence-electron chi connectivity index (χ3n) is 2.11. The van der Waals surface area contributed by atoms with Crippen LogP contribution in [0.3, 0.4) is 0 Å². The van der Waals surface area contributed by atoms with Gasteiger partial charge in [0.2, 0.25) is 0 Å². The minimum absolute atomic E-state index is 0.138. The molecule has 1 nitrogen and oxygen atoms in total. The van der Waals surface area contributed by atoms with E-state index in [1.807, 2.05) is 0 Å². The van der Waals surface area contributed by atoms with Crippen LogP contribution < -0.4 is 4.74 Å². The van der Waals surface area contributed by atoms with Gasteiger partial charge in [0.25, 0.3) is 0 Å². The summed E-state index contributed by atoms with van der Waals surface area (Å²) in [6.45, 7) is 4.67. The zero-order valence-corrected chi connectivity index (χ0v) is 13.1. The first-order chi connectivity index (χ1) is 7.86. The van der Waals surface area contributed by atoms with Crippen LogP contribution in [-0.4, -0.2) is 6.61 Å². The number of rotatable bonds is 4. The Balaban J connectivity index is 2.99. The lowest BCUT2D eigenvalue weighted by molar-refractivity contribution is 0.290. The predicted octanol–water partition coefficient (Wildman–Crippen LogP) is 6.38. The van der Waals surface area contributed by atoms with Crippen molar-refractivity contribution in [2.24, 2.45) is 5.92 Å². The number of benzene rings is 1. The molecule has 96 valence electrons. The largest absolute Gasteiger partial charge is 0.490 e. The van der Waals surface area contributed by atoms with Crippen LogP contribution in [0, 0.1) is 5.92 Å². The molecule has 0 unspecified atom stereocenters. The Labute approximate surface area is 126 Å². The summed E-state index contributed by atoms with van der Waals surface area (Å²) >= 11 is 29.7. The van der Waals surface area contributed by atoms with E-state index in [0.717, 1.165) is 6.42 Å². The van der Waals surface area contributed by atoms with Gasteiger partial charge in [-0.15, -0.1) is 0 Å². The summed E-state index contributed by atoms with van der Waals surface area (Å²) in [5.74, 6) is 0.805. The summed E-state index contributed by atoms with van der Waals surface area (Å²) in [5.41, 5.74) is 0. The van der Waals surface area contributed by atoms with Crippen molar-refractivity contribution in [3.63, 3.8) is 0 Å². The smallest absolute Gasteiger partial charge is 0.159 e. The van der Waals surface area contributed by atoms with Crippen molar-refractivity contribution in [2.75, 3.05) is 6.61 Å². The van der Waals surface area contributed by atoms with Crippen molar-refractivity contribution in [1.29, 1.82) is 0 Å². The molecule has 0 atom stereocenters. The van der Waals surface area contributed by atoms with Gasteiger partial charge in [-0.05, 0) is 12.3 Å². The highest BCUT2D eigenvalue weighted by Gasteiger charge is 2.20. The Kier molecular flexibility index (Phi) is 6.01. The zero-order valence-electron chi connectivity index (χ0n) is 9.29. The number of hydrogen-bond donors (Lipinski definition) is 0. The molecule has 17 heavy (non-hydrogen) atoms. The fourth-order valence-electron chi connectivity index (χ4n) is 1.11. The minimum atomic E-state index is 0.138. The summed E-state index contributed by atoms with van der Waals surface area (Å²) in [6.07, 6.45) is 0.879. The van der Waals surface area contributed by atoms with Crippen LogP contribution in [0.2, 0.25) is 25.1 Å². The van der Waals surface area contributed by atoms with Crippen molar-refractivity contribution >= 4 is 58.0 Å². The highest BCUT2D eigenvalue weighted by molar-refractivity contribution is 6.55. The van der Waals surface area contributed by atoms with E-state index in [9.17, 15) is 0 Å². The van der Waals surface area contributed by atoms with E-state index in [1.54, 1.807) is 0 Å². The molecule has 1 aromatic rings. The van der Waals surface area contributed by atoms with Crippen LogP contribution in [0.15, 0.2) is 0 Å². The van der Waals surface area contributed by atoms with E-state index in [-0.39, 0.29) is 30.9 Å². The SMILES string of the molecule is CC(C)CCOc1c(Cl)c(Cl)c(Cl)c(Cl)c1Cl. The lowest BCUT2D eigenvalue weighted by atomic mass is 10.1. The molecular formula is C11H11Cl5O. The molecule has 0 heterocycles. The first kappa shape index (κ1) is 15.5. The van der Waals surface area contributed by atoms with Gasteiger partial charge >= 0.3 is 0 Å². The van der Waals surface area contributed by atoms with Gasteiger partial charge in [-0.1, -0.05) is 71.9 Å². The maximum atomic E-state index is 6.01. The summed E-state index contributed by atoms with van der Waals surface area (Å²) in [7, 11) is 0. The van der Waals surface area contributed by atoms with Crippen LogP contribution in [-0.2, 0) is 0 Å². The molecular weight excluding hydrogens is 325 g/mol. The lowest BCUT2D eigenvalue weighted by Gasteiger charge is -2.14. The third kappa shape index (κ3) is 3.71. The van der Waals surface area contributed by atoms with E-state index >= 15 is 0 Å². The second-order valence-corrected chi connectivity index (χ2v) is 5.82. The van der Waals surface area contributed by atoms with Crippen LogP contribution in [0.1, 0.15) is 20.3 Å². The highest BCUT2D eigenvalue weighted by Crippen LogP contribution is 2.48. The topological polar surface area (TPSA) is 9.23 Å². The minimum Gasteiger partial charge on any atom is -0.490 e. The van der Waals surface area contributed by atoms with Crippen LogP contribution >= 0.6 is 58.0 Å². The van der Waals surface area contributed by atoms with Gasteiger partial charge in [0.05, 0.1) is 21.7 Å². The number of hydrogen-bond acceptors (Lipinski definition) is 1. The molecule has 0 bridgehead atoms. The molecule has 1 aromatic carbocycles. The molecule has 0 amide bonds. The monoisotopic (exact) mass is 334 g/mol. The standard InChI is InChI=1S/C11H11Cl5O/c1-5(2)3-4-17-11-9(15)7(13)6(12)8(14)10(11)16/h5H,3-4H2,1-2H3. The Morgan fingerprint density at radius 3 is 1.65 bits per heavy atom. The van der Waals surface area contributed by atoms with Crippen molar-refractivity contribution in [2.45, 2.75) is 20.3 Å². The van der Waals surface area contributed by atoms with Crippen molar-refractivity contribution in [1.82, 2.24) is 0 Å². The fourth-order valence-corrected chi connectivity index (χ4v) is 2.34. The van der Waals surface area contributed by atoms with E-state index in [1.165, 1.54) is 0 Å². The second kappa shape index (κ2) is 6.58. The average Bonchev–Trinajstić information content (AvgIpc) is 2.28. The first-order valence-electron chi connectivity index (χ1n) is 5.00. The summed E-state index contributed by atoms with van der Waals surface area (Å²) in [4.78, 5) is 0. The molecule has 0 saturated carbocycles. The van der Waals surface area contributed by atoms with Gasteiger partial charge in [0.1, 0.15) is 10.0 Å². The van der Waals surface area contributed by atoms with Gasteiger partial charge in [-0.3, -0.25) is 0 Å². The molecule has 0 radical (unpaired) electrons. The summed E-state index contributed by atoms with van der Waals surface area (Å²) < 4.78 is 5.50. The molecule has 6 heteroatoms. The average molecular weight is 336 g/mol. The molecule has 0 aliphatic rings. The summed E-state index contributed by atoms with van der Waals surface area (Å²) in [5, 5.41) is 0.828. The maximum absolute atomic E-state index is 6.01. The summed E-state index contributed by atoms with van der Waals surface area (Å²) in [6, 6.07) is 0. The van der Waals surface area contributed by atoms with Gasteiger partial charge in [0, 0.05) is 0 Å². The molecule has 0 spiro atoms. The van der Waals surface area contributed by atoms with Crippen LogP contribution in [0.25, 0.3) is 0 Å². The molecule has 0 aliphatic carbocycles. The zero-order chi connectivity index (χ0) is 13.2. The van der Waals surface area contributed by atoms with E-state index in [0.29, 0.717) is 12.5 Å². The van der Waals surface area contributed by atoms with Crippen molar-refractivity contribution < 1.29 is 4.74 Å².